The van der Waals surface area contributed by atoms with Crippen molar-refractivity contribution in [2.24, 2.45) is 0 Å². The maximum atomic E-state index is 11.5. The highest BCUT2D eigenvalue weighted by Crippen LogP contribution is 2.19. The number of anilines is 1. The molecule has 0 spiro atoms. The highest BCUT2D eigenvalue weighted by atomic mass is 16.1. The number of hydrogen-bond acceptors (Lipinski definition) is 6. The van der Waals surface area contributed by atoms with Gasteiger partial charge in [-0.25, -0.2) is 15.0 Å². The number of nitrogens with zero attached hydrogens (tertiary/aromatic N) is 5. The summed E-state index contributed by atoms with van der Waals surface area (Å²) in [5.41, 5.74) is 1.36. The molecule has 2 heterocycles. The summed E-state index contributed by atoms with van der Waals surface area (Å²) in [5, 5.41) is 9.99. The van der Waals surface area contributed by atoms with Crippen molar-refractivity contribution in [1.82, 2.24) is 30.0 Å². The van der Waals surface area contributed by atoms with Crippen LogP contribution in [-0.2, 0) is 6.54 Å². The number of aromatic nitrogens is 5. The monoisotopic (exact) mass is 323 g/mol. The molecule has 24 heavy (non-hydrogen) atoms. The summed E-state index contributed by atoms with van der Waals surface area (Å²) in [6, 6.07) is 9.92. The lowest BCUT2D eigenvalue weighted by Crippen LogP contribution is -2.21. The number of hydrogen-bond donors (Lipinski definition) is 2. The van der Waals surface area contributed by atoms with Gasteiger partial charge < -0.3 is 10.6 Å². The van der Waals surface area contributed by atoms with Crippen LogP contribution in [-0.4, -0.2) is 37.7 Å². The van der Waals surface area contributed by atoms with Crippen molar-refractivity contribution < 1.29 is 4.79 Å². The third-order valence-corrected chi connectivity index (χ3v) is 3.47. The van der Waals surface area contributed by atoms with E-state index < -0.39 is 0 Å². The van der Waals surface area contributed by atoms with Crippen LogP contribution in [0, 0.1) is 0 Å². The molecular formula is C16H17N7O. The molecule has 0 aliphatic carbocycles. The molecule has 0 aliphatic rings. The van der Waals surface area contributed by atoms with E-state index in [0.717, 1.165) is 5.56 Å². The fourth-order valence-electron chi connectivity index (χ4n) is 2.26. The zero-order valence-electron chi connectivity index (χ0n) is 13.1. The predicted molar refractivity (Wildman–Crippen MR) is 88.2 cm³/mol. The molecule has 0 bridgehead atoms. The van der Waals surface area contributed by atoms with Crippen molar-refractivity contribution in [2.75, 3.05) is 12.4 Å². The van der Waals surface area contributed by atoms with E-state index in [1.54, 1.807) is 24.3 Å². The van der Waals surface area contributed by atoms with Gasteiger partial charge in [0.05, 0.1) is 25.0 Å². The molecule has 122 valence electrons. The Hall–Kier alpha value is -3.29. The standard InChI is InChI=1S/C16H17N7O/c1-17-16(24)13-7-20-15(8-19-13)22-14(9-23-11-18-10-21-23)12-5-3-2-4-6-12/h2-8,10-11,14H,9H2,1H3,(H,17,24)(H,20,22). The molecule has 1 aromatic carbocycles. The van der Waals surface area contributed by atoms with Gasteiger partial charge >= 0.3 is 0 Å². The number of carbonyl (C=O) groups excluding carboxylic acids is 1. The quantitative estimate of drug-likeness (QED) is 0.709. The van der Waals surface area contributed by atoms with Crippen molar-refractivity contribution in [1.29, 1.82) is 0 Å². The first-order valence-electron chi connectivity index (χ1n) is 7.44. The zero-order chi connectivity index (χ0) is 16.8. The second-order valence-corrected chi connectivity index (χ2v) is 5.09. The third kappa shape index (κ3) is 3.72. The maximum Gasteiger partial charge on any atom is 0.271 e. The topological polar surface area (TPSA) is 97.6 Å². The third-order valence-electron chi connectivity index (χ3n) is 3.47. The Kier molecular flexibility index (Phi) is 4.76. The molecule has 8 heteroatoms. The Bertz CT molecular complexity index is 772. The summed E-state index contributed by atoms with van der Waals surface area (Å²) >= 11 is 0. The van der Waals surface area contributed by atoms with E-state index in [9.17, 15) is 4.79 Å². The van der Waals surface area contributed by atoms with Gasteiger partial charge in [0, 0.05) is 7.05 Å². The first-order chi connectivity index (χ1) is 11.8. The fraction of sp³-hybridized carbons (Fsp3) is 0.188. The minimum absolute atomic E-state index is 0.0620. The van der Waals surface area contributed by atoms with Gasteiger partial charge in [0.25, 0.3) is 5.91 Å². The van der Waals surface area contributed by atoms with Crippen LogP contribution in [0.15, 0.2) is 55.4 Å². The minimum atomic E-state index is -0.267. The Balaban J connectivity index is 1.80. The maximum absolute atomic E-state index is 11.5. The molecule has 0 fully saturated rings. The van der Waals surface area contributed by atoms with Gasteiger partial charge in [0.1, 0.15) is 24.2 Å². The van der Waals surface area contributed by atoms with Gasteiger partial charge in [-0.05, 0) is 5.56 Å². The summed E-state index contributed by atoms with van der Waals surface area (Å²) in [6.07, 6.45) is 6.15. The average Bonchev–Trinajstić information content (AvgIpc) is 3.15. The smallest absolute Gasteiger partial charge is 0.271 e. The minimum Gasteiger partial charge on any atom is -0.360 e. The first-order valence-corrected chi connectivity index (χ1v) is 7.44. The Labute approximate surface area is 139 Å². The molecule has 0 radical (unpaired) electrons. The van der Waals surface area contributed by atoms with Crippen LogP contribution in [0.4, 0.5) is 5.82 Å². The van der Waals surface area contributed by atoms with E-state index >= 15 is 0 Å². The number of rotatable bonds is 6. The second-order valence-electron chi connectivity index (χ2n) is 5.09. The van der Waals surface area contributed by atoms with Crippen molar-refractivity contribution in [3.8, 4) is 0 Å². The molecule has 0 saturated carbocycles. The van der Waals surface area contributed by atoms with Crippen LogP contribution < -0.4 is 10.6 Å². The van der Waals surface area contributed by atoms with Gasteiger partial charge in [-0.2, -0.15) is 5.10 Å². The Morgan fingerprint density at radius 1 is 1.21 bits per heavy atom. The molecule has 0 saturated heterocycles. The second kappa shape index (κ2) is 7.32. The van der Waals surface area contributed by atoms with Gasteiger partial charge in [0.2, 0.25) is 0 Å². The molecule has 3 rings (SSSR count). The summed E-state index contributed by atoms with van der Waals surface area (Å²) in [4.78, 5) is 23.9. The lowest BCUT2D eigenvalue weighted by Gasteiger charge is -2.19. The summed E-state index contributed by atoms with van der Waals surface area (Å²) in [6.45, 7) is 0.586. The Morgan fingerprint density at radius 2 is 2.04 bits per heavy atom. The van der Waals surface area contributed by atoms with Crippen LogP contribution in [0.1, 0.15) is 22.1 Å². The van der Waals surface area contributed by atoms with Crippen LogP contribution in [0.5, 0.6) is 0 Å². The van der Waals surface area contributed by atoms with Gasteiger partial charge in [-0.15, -0.1) is 0 Å². The lowest BCUT2D eigenvalue weighted by molar-refractivity contribution is 0.0958. The van der Waals surface area contributed by atoms with E-state index in [1.165, 1.54) is 12.5 Å². The fourth-order valence-corrected chi connectivity index (χ4v) is 2.26. The molecule has 2 aromatic heterocycles. The molecule has 8 nitrogen and oxygen atoms in total. The molecule has 1 unspecified atom stereocenters. The zero-order valence-corrected chi connectivity index (χ0v) is 13.1. The molecule has 1 amide bonds. The van der Waals surface area contributed by atoms with Crippen molar-refractivity contribution in [2.45, 2.75) is 12.6 Å². The summed E-state index contributed by atoms with van der Waals surface area (Å²) in [5.74, 6) is 0.313. The normalized spacial score (nSPS) is 11.7. The SMILES string of the molecule is CNC(=O)c1cnc(NC(Cn2cncn2)c2ccccc2)cn1. The van der Waals surface area contributed by atoms with E-state index in [1.807, 2.05) is 30.3 Å². The van der Waals surface area contributed by atoms with E-state index in [2.05, 4.69) is 30.7 Å². The van der Waals surface area contributed by atoms with E-state index in [-0.39, 0.29) is 17.6 Å². The summed E-state index contributed by atoms with van der Waals surface area (Å²) < 4.78 is 1.75. The van der Waals surface area contributed by atoms with Gasteiger partial charge in [-0.3, -0.25) is 9.48 Å². The first kappa shape index (κ1) is 15.6. The molecule has 1 atom stereocenters. The predicted octanol–water partition coefficient (Wildman–Crippen LogP) is 1.28. The largest absolute Gasteiger partial charge is 0.360 e. The van der Waals surface area contributed by atoms with E-state index in [0.29, 0.717) is 12.4 Å². The lowest BCUT2D eigenvalue weighted by atomic mass is 10.1. The van der Waals surface area contributed by atoms with Crippen LogP contribution in [0.3, 0.4) is 0 Å². The van der Waals surface area contributed by atoms with Crippen molar-refractivity contribution >= 4 is 11.7 Å². The number of carbonyl (C=O) groups is 1. The number of amides is 1. The highest BCUT2D eigenvalue weighted by Gasteiger charge is 2.14. The Morgan fingerprint density at radius 3 is 2.67 bits per heavy atom. The molecule has 3 aromatic rings. The van der Waals surface area contributed by atoms with Crippen LogP contribution >= 0.6 is 0 Å². The van der Waals surface area contributed by atoms with E-state index in [4.69, 9.17) is 0 Å². The molecule has 0 aliphatic heterocycles. The molecular weight excluding hydrogens is 306 g/mol. The highest BCUT2D eigenvalue weighted by molar-refractivity contribution is 5.91. The average molecular weight is 323 g/mol. The summed E-state index contributed by atoms with van der Waals surface area (Å²) in [7, 11) is 1.56. The van der Waals surface area contributed by atoms with Gasteiger partial charge in [-0.1, -0.05) is 30.3 Å². The van der Waals surface area contributed by atoms with Gasteiger partial charge in [0.15, 0.2) is 0 Å². The van der Waals surface area contributed by atoms with Crippen molar-refractivity contribution in [3.05, 3.63) is 66.6 Å². The van der Waals surface area contributed by atoms with Crippen LogP contribution in [0.25, 0.3) is 0 Å². The van der Waals surface area contributed by atoms with Crippen molar-refractivity contribution in [3.63, 3.8) is 0 Å². The van der Waals surface area contributed by atoms with Crippen LogP contribution in [0.2, 0.25) is 0 Å². The molecule has 2 N–H and O–H groups in total. The number of benzene rings is 1. The number of nitrogens with one attached hydrogen (secondary N) is 2.